The van der Waals surface area contributed by atoms with Gasteiger partial charge in [0.15, 0.2) is 0 Å². The Kier molecular flexibility index (Phi) is 4.82. The summed E-state index contributed by atoms with van der Waals surface area (Å²) in [6.07, 6.45) is 5.87. The minimum Gasteiger partial charge on any atom is -0.481 e. The minimum atomic E-state index is -0.677. The molecule has 0 bridgehead atoms. The Morgan fingerprint density at radius 3 is 2.80 bits per heavy atom. The van der Waals surface area contributed by atoms with Crippen molar-refractivity contribution in [2.45, 2.75) is 45.6 Å². The molecule has 1 aliphatic rings. The summed E-state index contributed by atoms with van der Waals surface area (Å²) >= 11 is 0. The van der Waals surface area contributed by atoms with Crippen LogP contribution in [0.1, 0.15) is 39.5 Å². The fraction of sp³-hybridized carbons (Fsp3) is 0.750. The van der Waals surface area contributed by atoms with Crippen molar-refractivity contribution >= 4 is 5.97 Å². The van der Waals surface area contributed by atoms with Crippen LogP contribution < -0.4 is 0 Å². The fourth-order valence-corrected chi connectivity index (χ4v) is 2.03. The van der Waals surface area contributed by atoms with E-state index in [-0.39, 0.29) is 12.5 Å². The van der Waals surface area contributed by atoms with E-state index in [0.717, 1.165) is 19.5 Å². The number of carbonyl (C=O) groups is 1. The van der Waals surface area contributed by atoms with Crippen LogP contribution in [0.5, 0.6) is 0 Å². The van der Waals surface area contributed by atoms with Gasteiger partial charge < -0.3 is 5.11 Å². The van der Waals surface area contributed by atoms with Gasteiger partial charge in [-0.15, -0.1) is 0 Å². The molecule has 1 N–H and O–H groups in total. The monoisotopic (exact) mass is 211 g/mol. The SMILES string of the molecule is CC(C)=CCN1CCCCC1CC(=O)O. The molecule has 0 aromatic rings. The van der Waals surface area contributed by atoms with E-state index in [1.165, 1.54) is 18.4 Å². The molecule has 1 atom stereocenters. The molecule has 1 aliphatic heterocycles. The third-order valence-corrected chi connectivity index (χ3v) is 2.89. The summed E-state index contributed by atoms with van der Waals surface area (Å²) < 4.78 is 0. The number of rotatable bonds is 4. The molecule has 3 heteroatoms. The minimum absolute atomic E-state index is 0.242. The first kappa shape index (κ1) is 12.2. The molecule has 15 heavy (non-hydrogen) atoms. The molecule has 1 heterocycles. The smallest absolute Gasteiger partial charge is 0.304 e. The van der Waals surface area contributed by atoms with Crippen LogP contribution in [0.4, 0.5) is 0 Å². The number of likely N-dealkylation sites (tertiary alicyclic amines) is 1. The van der Waals surface area contributed by atoms with Crippen molar-refractivity contribution in [3.05, 3.63) is 11.6 Å². The summed E-state index contributed by atoms with van der Waals surface area (Å²) in [5, 5.41) is 8.82. The van der Waals surface area contributed by atoms with Gasteiger partial charge in [0, 0.05) is 12.6 Å². The number of piperidine rings is 1. The molecule has 1 fully saturated rings. The fourth-order valence-electron chi connectivity index (χ4n) is 2.03. The van der Waals surface area contributed by atoms with Crippen molar-refractivity contribution in [1.82, 2.24) is 4.90 Å². The molecule has 0 aromatic heterocycles. The Balaban J connectivity index is 2.49. The number of allylic oxidation sites excluding steroid dienone is 1. The summed E-state index contributed by atoms with van der Waals surface area (Å²) in [6, 6.07) is 0.242. The van der Waals surface area contributed by atoms with Gasteiger partial charge in [0.05, 0.1) is 6.42 Å². The molecule has 0 radical (unpaired) electrons. The van der Waals surface area contributed by atoms with Gasteiger partial charge in [-0.2, -0.15) is 0 Å². The van der Waals surface area contributed by atoms with Crippen molar-refractivity contribution < 1.29 is 9.90 Å². The maximum absolute atomic E-state index is 10.7. The quantitative estimate of drug-likeness (QED) is 0.725. The molecular weight excluding hydrogens is 190 g/mol. The highest BCUT2D eigenvalue weighted by molar-refractivity contribution is 5.67. The van der Waals surface area contributed by atoms with Gasteiger partial charge in [-0.3, -0.25) is 9.69 Å². The highest BCUT2D eigenvalue weighted by Crippen LogP contribution is 2.19. The van der Waals surface area contributed by atoms with E-state index in [9.17, 15) is 4.79 Å². The molecule has 0 aliphatic carbocycles. The Morgan fingerprint density at radius 2 is 2.20 bits per heavy atom. The lowest BCUT2D eigenvalue weighted by molar-refractivity contribution is -0.138. The van der Waals surface area contributed by atoms with Gasteiger partial charge in [0.25, 0.3) is 0 Å². The van der Waals surface area contributed by atoms with Crippen LogP contribution in [-0.2, 0) is 4.79 Å². The van der Waals surface area contributed by atoms with E-state index in [2.05, 4.69) is 24.8 Å². The lowest BCUT2D eigenvalue weighted by atomic mass is 9.99. The van der Waals surface area contributed by atoms with Gasteiger partial charge in [-0.05, 0) is 33.2 Å². The van der Waals surface area contributed by atoms with Crippen molar-refractivity contribution in [3.63, 3.8) is 0 Å². The summed E-state index contributed by atoms with van der Waals surface area (Å²) in [5.41, 5.74) is 1.30. The Bertz CT molecular complexity index is 244. The lowest BCUT2D eigenvalue weighted by Gasteiger charge is -2.34. The van der Waals surface area contributed by atoms with Crippen LogP contribution in [0.3, 0.4) is 0 Å². The summed E-state index contributed by atoms with van der Waals surface area (Å²) in [4.78, 5) is 13.0. The second-order valence-corrected chi connectivity index (χ2v) is 4.52. The number of nitrogens with zero attached hydrogens (tertiary/aromatic N) is 1. The third kappa shape index (κ3) is 4.47. The second-order valence-electron chi connectivity index (χ2n) is 4.52. The number of aliphatic carboxylic acids is 1. The van der Waals surface area contributed by atoms with E-state index < -0.39 is 5.97 Å². The molecule has 86 valence electrons. The van der Waals surface area contributed by atoms with E-state index in [1.807, 2.05) is 0 Å². The maximum atomic E-state index is 10.7. The predicted octanol–water partition coefficient (Wildman–Crippen LogP) is 2.28. The average Bonchev–Trinajstić information content (AvgIpc) is 2.15. The van der Waals surface area contributed by atoms with E-state index >= 15 is 0 Å². The van der Waals surface area contributed by atoms with Crippen molar-refractivity contribution in [2.24, 2.45) is 0 Å². The largest absolute Gasteiger partial charge is 0.481 e. The normalized spacial score (nSPS) is 22.4. The highest BCUT2D eigenvalue weighted by Gasteiger charge is 2.23. The lowest BCUT2D eigenvalue weighted by Crippen LogP contribution is -2.40. The summed E-state index contributed by atoms with van der Waals surface area (Å²) in [5.74, 6) is -0.677. The van der Waals surface area contributed by atoms with Crippen LogP contribution in [-0.4, -0.2) is 35.1 Å². The standard InChI is InChI=1S/C12H21NO2/c1-10(2)6-8-13-7-4-3-5-11(13)9-12(14)15/h6,11H,3-5,7-9H2,1-2H3,(H,14,15). The first-order valence-electron chi connectivity index (χ1n) is 5.69. The average molecular weight is 211 g/mol. The van der Waals surface area contributed by atoms with Crippen molar-refractivity contribution in [1.29, 1.82) is 0 Å². The number of carboxylic acid groups (broad SMARTS) is 1. The Labute approximate surface area is 91.8 Å². The maximum Gasteiger partial charge on any atom is 0.304 e. The molecular formula is C12H21NO2. The van der Waals surface area contributed by atoms with Gasteiger partial charge in [0.1, 0.15) is 0 Å². The molecule has 0 spiro atoms. The second kappa shape index (κ2) is 5.91. The zero-order valence-corrected chi connectivity index (χ0v) is 9.70. The zero-order valence-electron chi connectivity index (χ0n) is 9.70. The molecule has 1 rings (SSSR count). The van der Waals surface area contributed by atoms with Crippen LogP contribution in [0.2, 0.25) is 0 Å². The van der Waals surface area contributed by atoms with E-state index in [4.69, 9.17) is 5.11 Å². The molecule has 1 unspecified atom stereocenters. The van der Waals surface area contributed by atoms with E-state index in [1.54, 1.807) is 0 Å². The van der Waals surface area contributed by atoms with Crippen LogP contribution >= 0.6 is 0 Å². The number of carboxylic acids is 1. The highest BCUT2D eigenvalue weighted by atomic mass is 16.4. The zero-order chi connectivity index (χ0) is 11.3. The molecule has 1 saturated heterocycles. The molecule has 0 aromatic carbocycles. The van der Waals surface area contributed by atoms with Crippen LogP contribution in [0.15, 0.2) is 11.6 Å². The molecule has 3 nitrogen and oxygen atoms in total. The number of hydrogen-bond donors (Lipinski definition) is 1. The van der Waals surface area contributed by atoms with Gasteiger partial charge in [-0.1, -0.05) is 18.1 Å². The molecule has 0 saturated carbocycles. The topological polar surface area (TPSA) is 40.5 Å². The van der Waals surface area contributed by atoms with Crippen molar-refractivity contribution in [2.75, 3.05) is 13.1 Å². The Hall–Kier alpha value is -0.830. The third-order valence-electron chi connectivity index (χ3n) is 2.89. The van der Waals surface area contributed by atoms with Crippen LogP contribution in [0.25, 0.3) is 0 Å². The van der Waals surface area contributed by atoms with E-state index in [0.29, 0.717) is 0 Å². The predicted molar refractivity (Wildman–Crippen MR) is 60.9 cm³/mol. The van der Waals surface area contributed by atoms with Crippen LogP contribution in [0, 0.1) is 0 Å². The number of hydrogen-bond acceptors (Lipinski definition) is 2. The van der Waals surface area contributed by atoms with Gasteiger partial charge >= 0.3 is 5.97 Å². The van der Waals surface area contributed by atoms with Gasteiger partial charge in [0.2, 0.25) is 0 Å². The van der Waals surface area contributed by atoms with Crippen molar-refractivity contribution in [3.8, 4) is 0 Å². The molecule has 0 amide bonds. The van der Waals surface area contributed by atoms with Gasteiger partial charge in [-0.25, -0.2) is 0 Å². The first-order chi connectivity index (χ1) is 7.09. The Morgan fingerprint density at radius 1 is 1.47 bits per heavy atom. The summed E-state index contributed by atoms with van der Waals surface area (Å²) in [7, 11) is 0. The summed E-state index contributed by atoms with van der Waals surface area (Å²) in [6.45, 7) is 6.11. The first-order valence-corrected chi connectivity index (χ1v) is 5.69.